The van der Waals surface area contributed by atoms with Gasteiger partial charge in [0.25, 0.3) is 0 Å². The van der Waals surface area contributed by atoms with Crippen LogP contribution in [0.5, 0.6) is 0 Å². The molecule has 2 heteroatoms. The van der Waals surface area contributed by atoms with E-state index in [0.29, 0.717) is 0 Å². The smallest absolute Gasteiger partial charge is 0.0491 e. The van der Waals surface area contributed by atoms with Crippen LogP contribution in [0, 0.1) is 0 Å². The maximum Gasteiger partial charge on any atom is 0.0491 e. The Morgan fingerprint density at radius 3 is 0.605 bits per heavy atom. The molecule has 406 valence electrons. The molecular weight excluding hydrogens is 1040 g/mol. The van der Waals surface area contributed by atoms with Gasteiger partial charge in [0.2, 0.25) is 0 Å². The van der Waals surface area contributed by atoms with Crippen molar-refractivity contribution < 1.29 is 0 Å². The van der Waals surface area contributed by atoms with Gasteiger partial charge < -0.3 is 9.13 Å². The molecule has 0 saturated heterocycles. The molecular formula is C84H60N2. The highest BCUT2D eigenvalue weighted by atomic mass is 15.0. The Hall–Kier alpha value is -10.8. The Balaban J connectivity index is 0.667. The fourth-order valence-electron chi connectivity index (χ4n) is 13.8. The van der Waals surface area contributed by atoms with Crippen molar-refractivity contribution >= 4 is 65.2 Å². The van der Waals surface area contributed by atoms with E-state index >= 15 is 0 Å². The van der Waals surface area contributed by atoms with Crippen molar-refractivity contribution in [1.82, 2.24) is 9.13 Å². The first-order chi connectivity index (χ1) is 42.5. The van der Waals surface area contributed by atoms with E-state index in [-0.39, 0.29) is 0 Å². The molecule has 0 aliphatic rings. The molecule has 0 aliphatic heterocycles. The Morgan fingerprint density at radius 1 is 0.174 bits per heavy atom. The second-order valence-corrected chi connectivity index (χ2v) is 22.9. The molecule has 0 spiro atoms. The molecule has 0 radical (unpaired) electrons. The SMILES string of the molecule is CCn1c2ccc(-c3ccccc3)cc2c2cc(-c3ccc(-c4ccc(-c5c6ccccc6c(-c6ccc(-c7ccc(-c8ccc9c(c8)c8cc(-c%10ccc(-c%11ccccc%11)cc%10)ccc8n9CC)cc7)cc6)c6ccccc56)cc4)cc3)ccc21. The van der Waals surface area contributed by atoms with E-state index in [0.717, 1.165) is 13.1 Å². The molecule has 0 saturated carbocycles. The van der Waals surface area contributed by atoms with Crippen LogP contribution in [0.1, 0.15) is 13.8 Å². The second-order valence-electron chi connectivity index (χ2n) is 22.9. The first-order valence-electron chi connectivity index (χ1n) is 30.2. The zero-order chi connectivity index (χ0) is 57.2. The monoisotopic (exact) mass is 1100 g/mol. The molecule has 14 aromatic carbocycles. The summed E-state index contributed by atoms with van der Waals surface area (Å²) in [6.45, 7) is 6.31. The van der Waals surface area contributed by atoms with E-state index in [1.165, 1.54) is 165 Å². The van der Waals surface area contributed by atoms with Crippen molar-refractivity contribution in [3.05, 3.63) is 303 Å². The molecule has 0 N–H and O–H groups in total. The van der Waals surface area contributed by atoms with Gasteiger partial charge in [-0.15, -0.1) is 0 Å². The van der Waals surface area contributed by atoms with Crippen LogP contribution in [0.3, 0.4) is 0 Å². The van der Waals surface area contributed by atoms with Crippen LogP contribution in [-0.4, -0.2) is 9.13 Å². The highest BCUT2D eigenvalue weighted by Crippen LogP contribution is 2.45. The Bertz CT molecular complexity index is 5170. The summed E-state index contributed by atoms with van der Waals surface area (Å²) in [5.74, 6) is 0. The van der Waals surface area contributed by atoms with Crippen LogP contribution in [0.15, 0.2) is 303 Å². The average Bonchev–Trinajstić information content (AvgIpc) is 2.15. The maximum absolute atomic E-state index is 2.44. The molecule has 0 unspecified atom stereocenters. The lowest BCUT2D eigenvalue weighted by Crippen LogP contribution is -1.92. The third-order valence-electron chi connectivity index (χ3n) is 18.2. The summed E-state index contributed by atoms with van der Waals surface area (Å²) in [5, 5.41) is 10.2. The van der Waals surface area contributed by atoms with Crippen LogP contribution in [0.2, 0.25) is 0 Å². The van der Waals surface area contributed by atoms with Crippen molar-refractivity contribution in [3.63, 3.8) is 0 Å². The summed E-state index contributed by atoms with van der Waals surface area (Å²) < 4.78 is 4.88. The van der Waals surface area contributed by atoms with E-state index < -0.39 is 0 Å². The minimum absolute atomic E-state index is 0.909. The number of fused-ring (bicyclic) bond motifs is 8. The van der Waals surface area contributed by atoms with Gasteiger partial charge >= 0.3 is 0 Å². The lowest BCUT2D eigenvalue weighted by atomic mass is 9.85. The molecule has 0 aliphatic carbocycles. The van der Waals surface area contributed by atoms with Crippen LogP contribution in [0.25, 0.3) is 165 Å². The van der Waals surface area contributed by atoms with Gasteiger partial charge in [0.15, 0.2) is 0 Å². The van der Waals surface area contributed by atoms with Crippen molar-refractivity contribution in [2.75, 3.05) is 0 Å². The van der Waals surface area contributed by atoms with Gasteiger partial charge in [-0.05, 0) is 184 Å². The zero-order valence-electron chi connectivity index (χ0n) is 48.2. The Kier molecular flexibility index (Phi) is 12.5. The quantitative estimate of drug-likeness (QED) is 0.114. The summed E-state index contributed by atoms with van der Waals surface area (Å²) in [4.78, 5) is 0. The Morgan fingerprint density at radius 2 is 0.360 bits per heavy atom. The van der Waals surface area contributed by atoms with Gasteiger partial charge in [-0.25, -0.2) is 0 Å². The van der Waals surface area contributed by atoms with E-state index in [4.69, 9.17) is 0 Å². The molecule has 16 rings (SSSR count). The molecule has 0 bridgehead atoms. The van der Waals surface area contributed by atoms with Gasteiger partial charge in [0, 0.05) is 56.7 Å². The minimum atomic E-state index is 0.909. The molecule has 2 nitrogen and oxygen atoms in total. The lowest BCUT2D eigenvalue weighted by molar-refractivity contribution is 0.827. The van der Waals surface area contributed by atoms with Crippen LogP contribution in [-0.2, 0) is 13.1 Å². The number of nitrogens with zero attached hydrogens (tertiary/aromatic N) is 2. The summed E-state index contributed by atoms with van der Waals surface area (Å²) in [7, 11) is 0. The summed E-state index contributed by atoms with van der Waals surface area (Å²) in [5.41, 5.74) is 27.1. The molecule has 16 aromatic rings. The summed E-state index contributed by atoms with van der Waals surface area (Å²) >= 11 is 0. The fraction of sp³-hybridized carbons (Fsp3) is 0.0476. The average molecular weight is 1100 g/mol. The Labute approximate surface area is 501 Å². The van der Waals surface area contributed by atoms with Crippen molar-refractivity contribution in [2.45, 2.75) is 26.9 Å². The second kappa shape index (κ2) is 21.1. The number of benzene rings is 14. The van der Waals surface area contributed by atoms with Crippen molar-refractivity contribution in [1.29, 1.82) is 0 Å². The van der Waals surface area contributed by atoms with Crippen molar-refractivity contribution in [2.24, 2.45) is 0 Å². The number of rotatable bonds is 11. The highest BCUT2D eigenvalue weighted by Gasteiger charge is 2.19. The normalized spacial score (nSPS) is 11.7. The van der Waals surface area contributed by atoms with Crippen LogP contribution in [0.4, 0.5) is 0 Å². The van der Waals surface area contributed by atoms with E-state index in [1.54, 1.807) is 0 Å². The molecule has 0 atom stereocenters. The third-order valence-corrected chi connectivity index (χ3v) is 18.2. The molecule has 86 heavy (non-hydrogen) atoms. The van der Waals surface area contributed by atoms with Gasteiger partial charge in [-0.2, -0.15) is 0 Å². The lowest BCUT2D eigenvalue weighted by Gasteiger charge is -2.18. The summed E-state index contributed by atoms with van der Waals surface area (Å²) in [6, 6.07) is 113. The summed E-state index contributed by atoms with van der Waals surface area (Å²) in [6.07, 6.45) is 0. The third kappa shape index (κ3) is 8.72. The van der Waals surface area contributed by atoms with Crippen LogP contribution >= 0.6 is 0 Å². The number of hydrogen-bond acceptors (Lipinski definition) is 0. The van der Waals surface area contributed by atoms with Crippen molar-refractivity contribution in [3.8, 4) is 100 Å². The molecule has 0 fully saturated rings. The van der Waals surface area contributed by atoms with E-state index in [1.807, 2.05) is 0 Å². The minimum Gasteiger partial charge on any atom is -0.341 e. The van der Waals surface area contributed by atoms with Gasteiger partial charge in [0.05, 0.1) is 0 Å². The largest absolute Gasteiger partial charge is 0.341 e. The predicted molar refractivity (Wildman–Crippen MR) is 368 cm³/mol. The molecule has 2 heterocycles. The number of hydrogen-bond donors (Lipinski definition) is 0. The number of aromatic nitrogens is 2. The molecule has 2 aromatic heterocycles. The van der Waals surface area contributed by atoms with Crippen LogP contribution < -0.4 is 0 Å². The topological polar surface area (TPSA) is 9.86 Å². The first kappa shape index (κ1) is 50.9. The highest BCUT2D eigenvalue weighted by molar-refractivity contribution is 6.21. The zero-order valence-corrected chi connectivity index (χ0v) is 48.2. The number of aryl methyl sites for hydroxylation is 2. The van der Waals surface area contributed by atoms with Gasteiger partial charge in [-0.3, -0.25) is 0 Å². The standard InChI is InChI=1S/C84H60N2/c1-3-85-79-47-43-67(56-17-9-6-10-18-56)51-75(79)76-52-69(45-48-80(76)85)63-31-25-58(26-32-63)60-35-39-65(40-36-60)83-71-19-11-13-21-73(71)84(74-22-14-12-20-72(74)83)66-41-37-61(38-42-66)59-27-33-64(34-28-59)70-46-50-82-78(54-70)77-53-68(44-49-81(77)86(82)4-2)62-29-23-57(24-30-62)55-15-7-5-8-16-55/h5-54H,3-4H2,1-2H3. The van der Waals surface area contributed by atoms with E-state index in [9.17, 15) is 0 Å². The maximum atomic E-state index is 2.44. The van der Waals surface area contributed by atoms with E-state index in [2.05, 4.69) is 326 Å². The predicted octanol–water partition coefficient (Wildman–Crippen LogP) is 23.3. The molecule has 0 amide bonds. The van der Waals surface area contributed by atoms with Gasteiger partial charge in [-0.1, -0.05) is 255 Å². The first-order valence-corrected chi connectivity index (χ1v) is 30.2. The fourth-order valence-corrected chi connectivity index (χ4v) is 13.8. The van der Waals surface area contributed by atoms with Gasteiger partial charge in [0.1, 0.15) is 0 Å².